The number of aromatic nitrogens is 1. The highest BCUT2D eigenvalue weighted by Gasteiger charge is 2.24. The lowest BCUT2D eigenvalue weighted by atomic mass is 10.1. The maximum atomic E-state index is 14.3. The van der Waals surface area contributed by atoms with Crippen molar-refractivity contribution in [2.45, 2.75) is 33.3 Å². The molecule has 10 heteroatoms. The van der Waals surface area contributed by atoms with Crippen LogP contribution in [0.15, 0.2) is 17.1 Å². The molecule has 0 unspecified atom stereocenters. The van der Waals surface area contributed by atoms with Crippen molar-refractivity contribution >= 4 is 23.0 Å². The first-order chi connectivity index (χ1) is 12.5. The Bertz CT molecular complexity index is 979. The van der Waals surface area contributed by atoms with E-state index in [0.29, 0.717) is 10.7 Å². The zero-order chi connectivity index (χ0) is 20.5. The van der Waals surface area contributed by atoms with Crippen LogP contribution in [0.2, 0.25) is 0 Å². The van der Waals surface area contributed by atoms with E-state index in [4.69, 9.17) is 9.47 Å². The normalized spacial score (nSPS) is 11.4. The van der Waals surface area contributed by atoms with Crippen molar-refractivity contribution in [3.05, 3.63) is 45.5 Å². The van der Waals surface area contributed by atoms with E-state index in [1.165, 1.54) is 6.92 Å². The molecule has 0 saturated heterocycles. The molecule has 1 N–H and O–H groups in total. The maximum Gasteiger partial charge on any atom is 0.426 e. The number of ether oxygens (including phenoxy) is 2. The highest BCUT2D eigenvalue weighted by atomic mass is 19.2. The number of benzene rings is 1. The van der Waals surface area contributed by atoms with E-state index >= 15 is 0 Å². The Kier molecular flexibility index (Phi) is 5.48. The van der Waals surface area contributed by atoms with Gasteiger partial charge in [-0.2, -0.15) is 0 Å². The second-order valence-electron chi connectivity index (χ2n) is 6.46. The van der Waals surface area contributed by atoms with Gasteiger partial charge in [-0.1, -0.05) is 0 Å². The van der Waals surface area contributed by atoms with Crippen molar-refractivity contribution < 1.29 is 32.2 Å². The molecule has 0 aliphatic rings. The summed E-state index contributed by atoms with van der Waals surface area (Å²) in [6, 6.07) is 0.437. The van der Waals surface area contributed by atoms with Crippen LogP contribution in [0.1, 0.15) is 38.1 Å². The second kappa shape index (κ2) is 7.29. The maximum absolute atomic E-state index is 14.3. The van der Waals surface area contributed by atoms with E-state index < -0.39 is 57.0 Å². The summed E-state index contributed by atoms with van der Waals surface area (Å²) in [6.07, 6.45) is -0.320. The molecule has 146 valence electrons. The quantitative estimate of drug-likeness (QED) is 0.647. The molecule has 1 heterocycles. The Labute approximate surface area is 151 Å². The van der Waals surface area contributed by atoms with Gasteiger partial charge in [0, 0.05) is 6.20 Å². The Morgan fingerprint density at radius 3 is 2.37 bits per heavy atom. The summed E-state index contributed by atoms with van der Waals surface area (Å²) in [5.41, 5.74) is -1.30. The zero-order valence-electron chi connectivity index (χ0n) is 15.0. The number of nitrogens with one attached hydrogen (secondary N) is 1. The summed E-state index contributed by atoms with van der Waals surface area (Å²) in [5, 5.41) is -0.659. The molecule has 27 heavy (non-hydrogen) atoms. The van der Waals surface area contributed by atoms with Crippen LogP contribution in [0.3, 0.4) is 0 Å². The van der Waals surface area contributed by atoms with Crippen LogP contribution in [0.25, 0.3) is 10.9 Å². The molecule has 0 fully saturated rings. The van der Waals surface area contributed by atoms with Crippen LogP contribution < -0.4 is 10.9 Å². The molecule has 0 aliphatic carbocycles. The monoisotopic (exact) mass is 386 g/mol. The molecule has 7 nitrogen and oxygen atoms in total. The fraction of sp³-hybridized carbons (Fsp3) is 0.353. The number of esters is 1. The van der Waals surface area contributed by atoms with Gasteiger partial charge in [-0.25, -0.2) is 28.2 Å². The molecular formula is C17H17F3N2O5. The van der Waals surface area contributed by atoms with Crippen LogP contribution in [0.4, 0.5) is 18.0 Å². The van der Waals surface area contributed by atoms with Gasteiger partial charge in [0.2, 0.25) is 5.43 Å². The molecule has 0 bridgehead atoms. The third-order valence-corrected chi connectivity index (χ3v) is 3.23. The number of hydrogen-bond donors (Lipinski definition) is 1. The summed E-state index contributed by atoms with van der Waals surface area (Å²) >= 11 is 0. The fourth-order valence-electron chi connectivity index (χ4n) is 2.23. The van der Waals surface area contributed by atoms with Gasteiger partial charge in [0.15, 0.2) is 17.5 Å². The molecule has 0 atom stereocenters. The van der Waals surface area contributed by atoms with Gasteiger partial charge in [0.25, 0.3) is 0 Å². The minimum Gasteiger partial charge on any atom is -0.462 e. The number of halogens is 3. The Balaban J connectivity index is 2.74. The number of carbonyl (C=O) groups is 2. The predicted octanol–water partition coefficient (Wildman–Crippen LogP) is 3.07. The highest BCUT2D eigenvalue weighted by molar-refractivity contribution is 5.94. The van der Waals surface area contributed by atoms with E-state index in [9.17, 15) is 27.6 Å². The highest BCUT2D eigenvalue weighted by Crippen LogP contribution is 2.21. The van der Waals surface area contributed by atoms with Crippen molar-refractivity contribution in [1.82, 2.24) is 4.68 Å². The largest absolute Gasteiger partial charge is 0.462 e. The lowest BCUT2D eigenvalue weighted by molar-refractivity contribution is 0.0520. The molecule has 1 aromatic heterocycles. The van der Waals surface area contributed by atoms with Crippen LogP contribution >= 0.6 is 0 Å². The lowest BCUT2D eigenvalue weighted by Crippen LogP contribution is -2.33. The Morgan fingerprint density at radius 2 is 1.81 bits per heavy atom. The van der Waals surface area contributed by atoms with E-state index in [-0.39, 0.29) is 6.61 Å². The van der Waals surface area contributed by atoms with E-state index in [1.807, 2.05) is 0 Å². The molecular weight excluding hydrogens is 369 g/mol. The number of fused-ring (bicyclic) bond motifs is 1. The molecule has 1 amide bonds. The fourth-order valence-corrected chi connectivity index (χ4v) is 2.23. The van der Waals surface area contributed by atoms with Crippen molar-refractivity contribution in [3.8, 4) is 0 Å². The SMILES string of the molecule is CCOC(=O)c1cn(NC(=O)OC(C)(C)C)c2c(F)c(F)c(F)cc2c1=O. The van der Waals surface area contributed by atoms with Gasteiger partial charge in [-0.05, 0) is 33.8 Å². The smallest absolute Gasteiger partial charge is 0.426 e. The summed E-state index contributed by atoms with van der Waals surface area (Å²) in [7, 11) is 0. The van der Waals surface area contributed by atoms with Crippen molar-refractivity contribution in [3.63, 3.8) is 0 Å². The summed E-state index contributed by atoms with van der Waals surface area (Å²) in [5.74, 6) is -6.25. The summed E-state index contributed by atoms with van der Waals surface area (Å²) in [4.78, 5) is 36.4. The lowest BCUT2D eigenvalue weighted by Gasteiger charge is -2.21. The first-order valence-electron chi connectivity index (χ1n) is 7.86. The molecule has 2 rings (SSSR count). The number of hydrogen-bond acceptors (Lipinski definition) is 5. The molecule has 0 aliphatic heterocycles. The van der Waals surface area contributed by atoms with E-state index in [1.54, 1.807) is 20.8 Å². The van der Waals surface area contributed by atoms with Gasteiger partial charge in [-0.3, -0.25) is 9.47 Å². The number of rotatable bonds is 3. The van der Waals surface area contributed by atoms with Gasteiger partial charge >= 0.3 is 12.1 Å². The second-order valence-corrected chi connectivity index (χ2v) is 6.46. The molecule has 0 spiro atoms. The van der Waals surface area contributed by atoms with Crippen molar-refractivity contribution in [1.29, 1.82) is 0 Å². The van der Waals surface area contributed by atoms with Gasteiger partial charge in [0.05, 0.1) is 12.0 Å². The van der Waals surface area contributed by atoms with E-state index in [2.05, 4.69) is 5.43 Å². The first-order valence-corrected chi connectivity index (χ1v) is 7.86. The standard InChI is InChI=1S/C17H17F3N2O5/c1-5-26-15(24)9-7-22(21-16(25)27-17(2,3)4)13-8(14(9)23)6-10(18)11(19)12(13)20/h6-7H,5H2,1-4H3,(H,21,25). The average molecular weight is 386 g/mol. The van der Waals surface area contributed by atoms with Crippen LogP contribution in [-0.4, -0.2) is 28.9 Å². The minimum atomic E-state index is -1.84. The van der Waals surface area contributed by atoms with Gasteiger partial charge < -0.3 is 9.47 Å². The minimum absolute atomic E-state index is 0.0675. The molecule has 2 aromatic rings. The van der Waals surface area contributed by atoms with Crippen molar-refractivity contribution in [2.75, 3.05) is 12.0 Å². The van der Waals surface area contributed by atoms with E-state index in [0.717, 1.165) is 6.20 Å². The number of pyridine rings is 1. The Morgan fingerprint density at radius 1 is 1.19 bits per heavy atom. The zero-order valence-corrected chi connectivity index (χ0v) is 15.0. The third kappa shape index (κ3) is 4.21. The summed E-state index contributed by atoms with van der Waals surface area (Å²) in [6.45, 7) is 6.12. The van der Waals surface area contributed by atoms with Crippen LogP contribution in [0.5, 0.6) is 0 Å². The number of amides is 1. The summed E-state index contributed by atoms with van der Waals surface area (Å²) < 4.78 is 51.9. The average Bonchev–Trinajstić information content (AvgIpc) is 2.53. The molecule has 0 saturated carbocycles. The Hall–Kier alpha value is -3.04. The molecule has 1 aromatic carbocycles. The third-order valence-electron chi connectivity index (χ3n) is 3.23. The topological polar surface area (TPSA) is 86.6 Å². The van der Waals surface area contributed by atoms with Crippen LogP contribution in [0, 0.1) is 17.5 Å². The number of nitrogens with zero attached hydrogens (tertiary/aromatic N) is 1. The van der Waals surface area contributed by atoms with Gasteiger partial charge in [-0.15, -0.1) is 0 Å². The molecule has 0 radical (unpaired) electrons. The van der Waals surface area contributed by atoms with Gasteiger partial charge in [0.1, 0.15) is 16.7 Å². The van der Waals surface area contributed by atoms with Crippen LogP contribution in [-0.2, 0) is 9.47 Å². The number of carbonyl (C=O) groups excluding carboxylic acids is 2. The van der Waals surface area contributed by atoms with Crippen molar-refractivity contribution in [2.24, 2.45) is 0 Å². The predicted molar refractivity (Wildman–Crippen MR) is 89.6 cm³/mol. The first kappa shape index (κ1) is 20.3.